The first-order valence-corrected chi connectivity index (χ1v) is 10.2. The summed E-state index contributed by atoms with van der Waals surface area (Å²) in [6.07, 6.45) is 7.66. The SMILES string of the molecule is CCc1cnc(N2CCC(Oc3ccn(-c4ccc(C#N)cc4F)c(=O)c3)CC2)nc1. The largest absolute Gasteiger partial charge is 0.490 e. The molecule has 0 spiro atoms. The lowest BCUT2D eigenvalue weighted by atomic mass is 10.1. The van der Waals surface area contributed by atoms with Crippen LogP contribution in [0.15, 0.2) is 53.7 Å². The number of aromatic nitrogens is 3. The lowest BCUT2D eigenvalue weighted by Gasteiger charge is -2.32. The first kappa shape index (κ1) is 20.5. The molecule has 31 heavy (non-hydrogen) atoms. The van der Waals surface area contributed by atoms with E-state index < -0.39 is 11.4 Å². The van der Waals surface area contributed by atoms with Gasteiger partial charge >= 0.3 is 0 Å². The van der Waals surface area contributed by atoms with Crippen LogP contribution in [-0.4, -0.2) is 33.7 Å². The van der Waals surface area contributed by atoms with Gasteiger partial charge in [-0.25, -0.2) is 14.4 Å². The van der Waals surface area contributed by atoms with E-state index in [2.05, 4.69) is 21.8 Å². The second-order valence-corrected chi connectivity index (χ2v) is 7.40. The Balaban J connectivity index is 1.40. The molecule has 0 radical (unpaired) electrons. The minimum absolute atomic E-state index is 0.0203. The molecule has 0 aliphatic carbocycles. The van der Waals surface area contributed by atoms with E-state index in [4.69, 9.17) is 10.00 Å². The minimum atomic E-state index is -0.628. The molecule has 0 atom stereocenters. The number of aryl methyl sites for hydroxylation is 1. The van der Waals surface area contributed by atoms with Crippen molar-refractivity contribution in [3.8, 4) is 17.5 Å². The van der Waals surface area contributed by atoms with Crippen molar-refractivity contribution in [3.63, 3.8) is 0 Å². The standard InChI is InChI=1S/C23H22FN5O2/c1-2-16-14-26-23(27-15-16)28-8-5-18(6-9-28)31-19-7-10-29(22(30)12-19)21-4-3-17(13-25)11-20(21)24/h3-4,7,10-12,14-15,18H,2,5-6,8-9H2,1H3. The first-order valence-electron chi connectivity index (χ1n) is 10.2. The highest BCUT2D eigenvalue weighted by Crippen LogP contribution is 2.21. The molecule has 158 valence electrons. The maximum Gasteiger partial charge on any atom is 0.258 e. The van der Waals surface area contributed by atoms with Gasteiger partial charge in [0.15, 0.2) is 0 Å². The Morgan fingerprint density at radius 3 is 2.55 bits per heavy atom. The molecule has 0 N–H and O–H groups in total. The summed E-state index contributed by atoms with van der Waals surface area (Å²) in [4.78, 5) is 23.5. The van der Waals surface area contributed by atoms with Crippen molar-refractivity contribution >= 4 is 5.95 Å². The lowest BCUT2D eigenvalue weighted by molar-refractivity contribution is 0.170. The first-order chi connectivity index (χ1) is 15.1. The summed E-state index contributed by atoms with van der Waals surface area (Å²) < 4.78 is 21.4. The van der Waals surface area contributed by atoms with Crippen LogP contribution < -0.4 is 15.2 Å². The van der Waals surface area contributed by atoms with Crippen LogP contribution >= 0.6 is 0 Å². The summed E-state index contributed by atoms with van der Waals surface area (Å²) >= 11 is 0. The van der Waals surface area contributed by atoms with Crippen molar-refractivity contribution in [3.05, 3.63) is 76.2 Å². The van der Waals surface area contributed by atoms with E-state index in [9.17, 15) is 9.18 Å². The molecule has 1 saturated heterocycles. The molecule has 7 nitrogen and oxygen atoms in total. The number of anilines is 1. The average molecular weight is 419 g/mol. The summed E-state index contributed by atoms with van der Waals surface area (Å²) in [6, 6.07) is 8.89. The monoisotopic (exact) mass is 419 g/mol. The number of ether oxygens (including phenoxy) is 1. The molecule has 3 aromatic rings. The summed E-state index contributed by atoms with van der Waals surface area (Å²) in [5, 5.41) is 8.86. The Morgan fingerprint density at radius 2 is 1.94 bits per heavy atom. The lowest BCUT2D eigenvalue weighted by Crippen LogP contribution is -2.39. The Hall–Kier alpha value is -3.73. The van der Waals surface area contributed by atoms with Crippen LogP contribution in [0.5, 0.6) is 5.75 Å². The quantitative estimate of drug-likeness (QED) is 0.631. The van der Waals surface area contributed by atoms with Crippen LogP contribution in [0.2, 0.25) is 0 Å². The number of pyridine rings is 1. The zero-order valence-corrected chi connectivity index (χ0v) is 17.2. The Morgan fingerprint density at radius 1 is 1.19 bits per heavy atom. The van der Waals surface area contributed by atoms with Crippen LogP contribution in [0, 0.1) is 17.1 Å². The van der Waals surface area contributed by atoms with E-state index in [0.29, 0.717) is 5.75 Å². The van der Waals surface area contributed by atoms with Crippen molar-refractivity contribution in [2.24, 2.45) is 0 Å². The predicted octanol–water partition coefficient (Wildman–Crippen LogP) is 3.25. The van der Waals surface area contributed by atoms with Gasteiger partial charge in [-0.2, -0.15) is 5.26 Å². The molecule has 1 aliphatic heterocycles. The van der Waals surface area contributed by atoms with Crippen LogP contribution in [0.3, 0.4) is 0 Å². The third kappa shape index (κ3) is 4.56. The van der Waals surface area contributed by atoms with Crippen LogP contribution in [0.25, 0.3) is 5.69 Å². The van der Waals surface area contributed by atoms with Gasteiger partial charge in [0.1, 0.15) is 17.7 Å². The molecular formula is C23H22FN5O2. The van der Waals surface area contributed by atoms with Gasteiger partial charge in [-0.15, -0.1) is 0 Å². The van der Waals surface area contributed by atoms with Crippen molar-refractivity contribution < 1.29 is 9.13 Å². The number of hydrogen-bond donors (Lipinski definition) is 0. The number of nitrogens with zero attached hydrogens (tertiary/aromatic N) is 5. The van der Waals surface area contributed by atoms with Crippen LogP contribution in [-0.2, 0) is 6.42 Å². The van der Waals surface area contributed by atoms with E-state index in [1.54, 1.807) is 6.07 Å². The van der Waals surface area contributed by atoms with Crippen LogP contribution in [0.4, 0.5) is 10.3 Å². The van der Waals surface area contributed by atoms with Crippen molar-refractivity contribution in [1.29, 1.82) is 5.26 Å². The molecule has 0 saturated carbocycles. The predicted molar refractivity (Wildman–Crippen MR) is 114 cm³/mol. The molecule has 0 bridgehead atoms. The van der Waals surface area contributed by atoms with E-state index >= 15 is 0 Å². The molecule has 8 heteroatoms. The highest BCUT2D eigenvalue weighted by atomic mass is 19.1. The van der Waals surface area contributed by atoms with Gasteiger partial charge < -0.3 is 9.64 Å². The van der Waals surface area contributed by atoms with Crippen LogP contribution in [0.1, 0.15) is 30.9 Å². The molecular weight excluding hydrogens is 397 g/mol. The number of nitriles is 1. The molecule has 0 amide bonds. The fourth-order valence-electron chi connectivity index (χ4n) is 3.56. The molecule has 2 aromatic heterocycles. The number of benzene rings is 1. The van der Waals surface area contributed by atoms with E-state index in [1.165, 1.54) is 29.0 Å². The number of rotatable bonds is 5. The molecule has 3 heterocycles. The second-order valence-electron chi connectivity index (χ2n) is 7.40. The normalized spacial score (nSPS) is 14.3. The van der Waals surface area contributed by atoms with Gasteiger partial charge in [-0.1, -0.05) is 6.92 Å². The van der Waals surface area contributed by atoms with Crippen molar-refractivity contribution in [1.82, 2.24) is 14.5 Å². The highest BCUT2D eigenvalue weighted by molar-refractivity contribution is 5.41. The molecule has 1 fully saturated rings. The molecule has 4 rings (SSSR count). The average Bonchev–Trinajstić information content (AvgIpc) is 2.80. The molecule has 1 aromatic carbocycles. The Kier molecular flexibility index (Phi) is 5.94. The fourth-order valence-corrected chi connectivity index (χ4v) is 3.56. The Bertz CT molecular complexity index is 1160. The van der Waals surface area contributed by atoms with Gasteiger partial charge in [-0.3, -0.25) is 9.36 Å². The van der Waals surface area contributed by atoms with Gasteiger partial charge in [0, 0.05) is 50.6 Å². The van der Waals surface area contributed by atoms with Gasteiger partial charge in [-0.05, 0) is 36.2 Å². The smallest absolute Gasteiger partial charge is 0.258 e. The van der Waals surface area contributed by atoms with E-state index in [1.807, 2.05) is 18.5 Å². The maximum atomic E-state index is 14.2. The fraction of sp³-hybridized carbons (Fsp3) is 0.304. The number of piperidine rings is 1. The summed E-state index contributed by atoms with van der Waals surface area (Å²) in [7, 11) is 0. The maximum absolute atomic E-state index is 14.2. The van der Waals surface area contributed by atoms with Gasteiger partial charge in [0.25, 0.3) is 5.56 Å². The summed E-state index contributed by atoms with van der Waals surface area (Å²) in [5.74, 6) is 0.552. The third-order valence-corrected chi connectivity index (χ3v) is 5.35. The van der Waals surface area contributed by atoms with E-state index in [-0.39, 0.29) is 17.4 Å². The highest BCUT2D eigenvalue weighted by Gasteiger charge is 2.22. The number of hydrogen-bond acceptors (Lipinski definition) is 6. The van der Waals surface area contributed by atoms with Crippen molar-refractivity contribution in [2.45, 2.75) is 32.3 Å². The topological polar surface area (TPSA) is 84.0 Å². The molecule has 0 unspecified atom stereocenters. The number of halogens is 1. The van der Waals surface area contributed by atoms with Gasteiger partial charge in [0.2, 0.25) is 5.95 Å². The van der Waals surface area contributed by atoms with E-state index in [0.717, 1.165) is 49.9 Å². The zero-order chi connectivity index (χ0) is 21.8. The second kappa shape index (κ2) is 8.96. The summed E-state index contributed by atoms with van der Waals surface area (Å²) in [5.41, 5.74) is 1.01. The zero-order valence-electron chi connectivity index (χ0n) is 17.2. The van der Waals surface area contributed by atoms with Crippen molar-refractivity contribution in [2.75, 3.05) is 18.0 Å². The third-order valence-electron chi connectivity index (χ3n) is 5.35. The Labute approximate surface area is 179 Å². The molecule has 1 aliphatic rings. The van der Waals surface area contributed by atoms with Gasteiger partial charge in [0.05, 0.1) is 17.3 Å². The minimum Gasteiger partial charge on any atom is -0.490 e. The summed E-state index contributed by atoms with van der Waals surface area (Å²) in [6.45, 7) is 3.60.